The summed E-state index contributed by atoms with van der Waals surface area (Å²) in [5.41, 5.74) is 1.29. The van der Waals surface area contributed by atoms with Crippen molar-refractivity contribution < 1.29 is 9.47 Å². The summed E-state index contributed by atoms with van der Waals surface area (Å²) in [6.07, 6.45) is 2.73. The zero-order valence-corrected chi connectivity index (χ0v) is 9.90. The summed E-state index contributed by atoms with van der Waals surface area (Å²) in [6.45, 7) is 0.922. The Morgan fingerprint density at radius 3 is 2.44 bits per heavy atom. The Labute approximate surface area is 96.8 Å². The topological polar surface area (TPSA) is 30.5 Å². The van der Waals surface area contributed by atoms with Gasteiger partial charge in [-0.15, -0.1) is 0 Å². The normalized spacial score (nSPS) is 23.9. The van der Waals surface area contributed by atoms with E-state index in [9.17, 15) is 0 Å². The highest BCUT2D eigenvalue weighted by molar-refractivity contribution is 5.27. The molecule has 0 radical (unpaired) electrons. The third kappa shape index (κ3) is 2.74. The van der Waals surface area contributed by atoms with Crippen LogP contribution < -0.4 is 10.1 Å². The number of methoxy groups -OCH3 is 2. The molecule has 2 rings (SSSR count). The quantitative estimate of drug-likeness (QED) is 0.824. The van der Waals surface area contributed by atoms with E-state index in [4.69, 9.17) is 9.47 Å². The van der Waals surface area contributed by atoms with Crippen LogP contribution in [0, 0.1) is 0 Å². The van der Waals surface area contributed by atoms with E-state index in [0.29, 0.717) is 12.1 Å². The lowest BCUT2D eigenvalue weighted by atomic mass is 9.89. The second-order valence-electron chi connectivity index (χ2n) is 4.26. The molecule has 1 aliphatic rings. The maximum absolute atomic E-state index is 5.24. The summed E-state index contributed by atoms with van der Waals surface area (Å²) in [5, 5.41) is 3.52. The van der Waals surface area contributed by atoms with Gasteiger partial charge in [0.25, 0.3) is 0 Å². The van der Waals surface area contributed by atoms with E-state index in [2.05, 4.69) is 17.4 Å². The average molecular weight is 221 g/mol. The second kappa shape index (κ2) is 5.32. The van der Waals surface area contributed by atoms with Crippen LogP contribution in [-0.2, 0) is 11.3 Å². The molecular formula is C13H19NO2. The maximum atomic E-state index is 5.24. The summed E-state index contributed by atoms with van der Waals surface area (Å²) in [7, 11) is 3.47. The highest BCUT2D eigenvalue weighted by Crippen LogP contribution is 2.22. The van der Waals surface area contributed by atoms with Gasteiger partial charge >= 0.3 is 0 Å². The van der Waals surface area contributed by atoms with E-state index < -0.39 is 0 Å². The molecule has 1 N–H and O–H groups in total. The molecule has 0 saturated heterocycles. The summed E-state index contributed by atoms with van der Waals surface area (Å²) in [4.78, 5) is 0. The van der Waals surface area contributed by atoms with E-state index in [1.165, 1.54) is 5.56 Å². The molecule has 0 bridgehead atoms. The molecule has 3 heteroatoms. The predicted molar refractivity (Wildman–Crippen MR) is 63.7 cm³/mol. The van der Waals surface area contributed by atoms with Crippen LogP contribution in [0.2, 0.25) is 0 Å². The van der Waals surface area contributed by atoms with Gasteiger partial charge in [0.1, 0.15) is 5.75 Å². The minimum atomic E-state index is 0.466. The van der Waals surface area contributed by atoms with Gasteiger partial charge in [-0.05, 0) is 30.5 Å². The van der Waals surface area contributed by atoms with E-state index in [0.717, 1.165) is 25.1 Å². The van der Waals surface area contributed by atoms with Crippen molar-refractivity contribution in [3.63, 3.8) is 0 Å². The van der Waals surface area contributed by atoms with Crippen LogP contribution in [0.15, 0.2) is 24.3 Å². The molecule has 1 aromatic carbocycles. The van der Waals surface area contributed by atoms with Gasteiger partial charge in [0.2, 0.25) is 0 Å². The van der Waals surface area contributed by atoms with Gasteiger partial charge in [0.05, 0.1) is 13.2 Å². The fourth-order valence-electron chi connectivity index (χ4n) is 1.93. The molecule has 1 fully saturated rings. The molecule has 0 aromatic heterocycles. The SMILES string of the molecule is COc1ccc(CNC2CC(OC)C2)cc1. The number of nitrogens with one attached hydrogen (secondary N) is 1. The van der Waals surface area contributed by atoms with E-state index in [1.807, 2.05) is 12.1 Å². The van der Waals surface area contributed by atoms with Gasteiger partial charge in [-0.2, -0.15) is 0 Å². The maximum Gasteiger partial charge on any atom is 0.118 e. The van der Waals surface area contributed by atoms with E-state index in [1.54, 1.807) is 14.2 Å². The molecule has 0 spiro atoms. The van der Waals surface area contributed by atoms with Crippen LogP contribution in [0.1, 0.15) is 18.4 Å². The molecule has 0 unspecified atom stereocenters. The zero-order valence-electron chi connectivity index (χ0n) is 9.90. The van der Waals surface area contributed by atoms with Crippen molar-refractivity contribution in [3.8, 4) is 5.75 Å². The van der Waals surface area contributed by atoms with Crippen LogP contribution in [0.25, 0.3) is 0 Å². The van der Waals surface area contributed by atoms with Gasteiger partial charge in [-0.1, -0.05) is 12.1 Å². The summed E-state index contributed by atoms with van der Waals surface area (Å²) < 4.78 is 10.4. The Balaban J connectivity index is 1.73. The third-order valence-electron chi connectivity index (χ3n) is 3.18. The largest absolute Gasteiger partial charge is 0.497 e. The smallest absolute Gasteiger partial charge is 0.118 e. The number of hydrogen-bond donors (Lipinski definition) is 1. The molecule has 16 heavy (non-hydrogen) atoms. The highest BCUT2D eigenvalue weighted by Gasteiger charge is 2.28. The molecule has 0 atom stereocenters. The van der Waals surface area contributed by atoms with Crippen molar-refractivity contribution in [1.82, 2.24) is 5.32 Å². The number of rotatable bonds is 5. The fourth-order valence-corrected chi connectivity index (χ4v) is 1.93. The first kappa shape index (κ1) is 11.4. The Morgan fingerprint density at radius 2 is 1.88 bits per heavy atom. The minimum Gasteiger partial charge on any atom is -0.497 e. The molecular weight excluding hydrogens is 202 g/mol. The van der Waals surface area contributed by atoms with Gasteiger partial charge in [0, 0.05) is 19.7 Å². The standard InChI is InChI=1S/C13H19NO2/c1-15-12-5-3-10(4-6-12)9-14-11-7-13(8-11)16-2/h3-6,11,13-14H,7-9H2,1-2H3. The van der Waals surface area contributed by atoms with Gasteiger partial charge in [-0.25, -0.2) is 0 Å². The Hall–Kier alpha value is -1.06. The Morgan fingerprint density at radius 1 is 1.19 bits per heavy atom. The van der Waals surface area contributed by atoms with Crippen molar-refractivity contribution in [2.24, 2.45) is 0 Å². The van der Waals surface area contributed by atoms with E-state index in [-0.39, 0.29) is 0 Å². The number of benzene rings is 1. The van der Waals surface area contributed by atoms with Crippen LogP contribution in [-0.4, -0.2) is 26.4 Å². The first-order valence-electron chi connectivity index (χ1n) is 5.71. The van der Waals surface area contributed by atoms with Gasteiger partial charge in [0.15, 0.2) is 0 Å². The fraction of sp³-hybridized carbons (Fsp3) is 0.538. The minimum absolute atomic E-state index is 0.466. The van der Waals surface area contributed by atoms with Crippen LogP contribution in [0.5, 0.6) is 5.75 Å². The molecule has 3 nitrogen and oxygen atoms in total. The van der Waals surface area contributed by atoms with Crippen molar-refractivity contribution in [2.45, 2.75) is 31.5 Å². The molecule has 1 aliphatic carbocycles. The molecule has 88 valence electrons. The Bertz CT molecular complexity index is 317. The predicted octanol–water partition coefficient (Wildman–Crippen LogP) is 1.96. The van der Waals surface area contributed by atoms with Crippen molar-refractivity contribution >= 4 is 0 Å². The first-order valence-corrected chi connectivity index (χ1v) is 5.71. The van der Waals surface area contributed by atoms with Crippen LogP contribution in [0.4, 0.5) is 0 Å². The van der Waals surface area contributed by atoms with Crippen LogP contribution >= 0.6 is 0 Å². The molecule has 0 heterocycles. The lowest BCUT2D eigenvalue weighted by Gasteiger charge is -2.34. The van der Waals surface area contributed by atoms with Gasteiger partial charge in [-0.3, -0.25) is 0 Å². The molecule has 1 aromatic rings. The van der Waals surface area contributed by atoms with Crippen molar-refractivity contribution in [1.29, 1.82) is 0 Å². The van der Waals surface area contributed by atoms with Crippen molar-refractivity contribution in [3.05, 3.63) is 29.8 Å². The highest BCUT2D eigenvalue weighted by atomic mass is 16.5. The number of hydrogen-bond acceptors (Lipinski definition) is 3. The lowest BCUT2D eigenvalue weighted by molar-refractivity contribution is 0.0170. The van der Waals surface area contributed by atoms with E-state index >= 15 is 0 Å². The number of ether oxygens (including phenoxy) is 2. The Kier molecular flexibility index (Phi) is 3.80. The van der Waals surface area contributed by atoms with Crippen LogP contribution in [0.3, 0.4) is 0 Å². The molecule has 0 amide bonds. The summed E-state index contributed by atoms with van der Waals surface area (Å²) in [6, 6.07) is 8.80. The lowest BCUT2D eigenvalue weighted by Crippen LogP contribution is -2.44. The molecule has 0 aliphatic heterocycles. The molecule has 1 saturated carbocycles. The third-order valence-corrected chi connectivity index (χ3v) is 3.18. The first-order chi connectivity index (χ1) is 7.81. The zero-order chi connectivity index (χ0) is 11.4. The van der Waals surface area contributed by atoms with Crippen molar-refractivity contribution in [2.75, 3.05) is 14.2 Å². The summed E-state index contributed by atoms with van der Waals surface area (Å²) >= 11 is 0. The summed E-state index contributed by atoms with van der Waals surface area (Å²) in [5.74, 6) is 0.909. The second-order valence-corrected chi connectivity index (χ2v) is 4.26. The van der Waals surface area contributed by atoms with Gasteiger partial charge < -0.3 is 14.8 Å². The average Bonchev–Trinajstić information content (AvgIpc) is 2.28. The monoisotopic (exact) mass is 221 g/mol.